The lowest BCUT2D eigenvalue weighted by atomic mass is 9.49. The molecule has 0 fully saturated rings. The molecule has 318 valence electrons. The number of para-hydroxylation sites is 1. The van der Waals surface area contributed by atoms with Crippen LogP contribution < -0.4 is 0 Å². The number of nitrogens with zero attached hydrogens (tertiary/aromatic N) is 3. The van der Waals surface area contributed by atoms with Gasteiger partial charge in [0.2, 0.25) is 0 Å². The minimum Gasteiger partial charge on any atom is -0.455 e. The third-order valence-corrected chi connectivity index (χ3v) is 18.1. The van der Waals surface area contributed by atoms with Gasteiger partial charge < -0.3 is 8.82 Å². The summed E-state index contributed by atoms with van der Waals surface area (Å²) in [6.45, 7) is 9.75. The van der Waals surface area contributed by atoms with Gasteiger partial charge in [-0.2, -0.15) is 0 Å². The van der Waals surface area contributed by atoms with Crippen LogP contribution in [-0.4, -0.2) is 14.4 Å². The van der Waals surface area contributed by atoms with Crippen LogP contribution in [-0.2, 0) is 21.7 Å². The van der Waals surface area contributed by atoms with E-state index in [-0.39, 0.29) is 0 Å². The van der Waals surface area contributed by atoms with Crippen molar-refractivity contribution in [1.29, 1.82) is 0 Å². The lowest BCUT2D eigenvalue weighted by Gasteiger charge is -2.53. The lowest BCUT2D eigenvalue weighted by molar-refractivity contribution is 0.501. The van der Waals surface area contributed by atoms with E-state index in [1.165, 1.54) is 93.5 Å². The SMILES string of the molecule is CC12c3ccccc3C(C)(c3ccccc31)c1c2ncc2c1c1cc(-c3c4ccccc4cc4c3oc3ccccc34)cc3c4c5c(ncc4n2c13)C1(C)c2ccccc2C5(C)c2ccccc21. The third-order valence-electron chi connectivity index (χ3n) is 18.1. The van der Waals surface area contributed by atoms with Crippen molar-refractivity contribution >= 4 is 70.8 Å². The fraction of sp³-hybridized carbons (Fsp3) is 0.125. The Morgan fingerprint density at radius 1 is 0.412 bits per heavy atom. The Kier molecular flexibility index (Phi) is 6.03. The minimum atomic E-state index is -0.460. The second-order valence-corrected chi connectivity index (χ2v) is 20.9. The summed E-state index contributed by atoms with van der Waals surface area (Å²) in [5.41, 5.74) is 21.5. The molecule has 6 aliphatic carbocycles. The first-order valence-corrected chi connectivity index (χ1v) is 24.1. The summed E-state index contributed by atoms with van der Waals surface area (Å²) in [6, 6.07) is 61.3. The van der Waals surface area contributed by atoms with Crippen molar-refractivity contribution in [2.45, 2.75) is 49.4 Å². The van der Waals surface area contributed by atoms with E-state index in [0.717, 1.165) is 55.5 Å². The second kappa shape index (κ2) is 11.4. The second-order valence-electron chi connectivity index (χ2n) is 20.9. The fourth-order valence-electron chi connectivity index (χ4n) is 15.2. The molecule has 68 heavy (non-hydrogen) atoms. The standard InChI is InChI=1S/C64H41N3O/c1-61-41-20-8-12-24-45(41)63(3,46-25-13-9-21-42(46)61)59-55(61)53-39-30-35(52-36-18-6-5-17-34(36)29-38-37-19-7-16-28-51(37)68-58(38)52)31-40-54-50(67(57(39)40)49(53)32-65-59)33-66-60-56(54)62(2)43-22-10-14-26-47(43)64(60,4)48-27-15-11-23-44(48)62/h5-33H,1-4H3. The Morgan fingerprint density at radius 3 is 1.31 bits per heavy atom. The zero-order valence-corrected chi connectivity index (χ0v) is 38.0. The number of pyridine rings is 2. The van der Waals surface area contributed by atoms with Crippen LogP contribution in [0.2, 0.25) is 0 Å². The van der Waals surface area contributed by atoms with E-state index in [0.29, 0.717) is 0 Å². The van der Waals surface area contributed by atoms with E-state index in [1.54, 1.807) is 0 Å². The summed E-state index contributed by atoms with van der Waals surface area (Å²) >= 11 is 0. The Bertz CT molecular complexity index is 4220. The summed E-state index contributed by atoms with van der Waals surface area (Å²) in [7, 11) is 0. The Hall–Kier alpha value is -8.08. The van der Waals surface area contributed by atoms with Gasteiger partial charge in [0.25, 0.3) is 0 Å². The molecule has 4 nitrogen and oxygen atoms in total. The van der Waals surface area contributed by atoms with Crippen molar-refractivity contribution in [3.05, 3.63) is 243 Å². The molecule has 0 spiro atoms. The predicted molar refractivity (Wildman–Crippen MR) is 275 cm³/mol. The predicted octanol–water partition coefficient (Wildman–Crippen LogP) is 15.0. The molecule has 0 amide bonds. The van der Waals surface area contributed by atoms with Gasteiger partial charge in [0.15, 0.2) is 0 Å². The Balaban J connectivity index is 1.11. The summed E-state index contributed by atoms with van der Waals surface area (Å²) in [5, 5.41) is 9.64. The van der Waals surface area contributed by atoms with Gasteiger partial charge in [-0.05, 0) is 124 Å². The Labute approximate surface area is 391 Å². The highest BCUT2D eigenvalue weighted by Gasteiger charge is 2.58. The normalized spacial score (nSPS) is 22.6. The van der Waals surface area contributed by atoms with Gasteiger partial charge in [-0.1, -0.05) is 140 Å². The van der Waals surface area contributed by atoms with Gasteiger partial charge in [-0.25, -0.2) is 0 Å². The maximum atomic E-state index is 7.03. The van der Waals surface area contributed by atoms with Crippen LogP contribution >= 0.6 is 0 Å². The highest BCUT2D eigenvalue weighted by molar-refractivity contribution is 6.28. The molecule has 0 radical (unpaired) electrons. The van der Waals surface area contributed by atoms with Crippen molar-refractivity contribution in [2.75, 3.05) is 0 Å². The van der Waals surface area contributed by atoms with E-state index in [1.807, 2.05) is 0 Å². The maximum absolute atomic E-state index is 7.03. The van der Waals surface area contributed by atoms with Crippen molar-refractivity contribution in [2.24, 2.45) is 0 Å². The summed E-state index contributed by atoms with van der Waals surface area (Å²) in [5.74, 6) is 0. The summed E-state index contributed by atoms with van der Waals surface area (Å²) in [4.78, 5) is 11.4. The van der Waals surface area contributed by atoms with Crippen LogP contribution in [0, 0.1) is 0 Å². The molecule has 0 saturated heterocycles. The van der Waals surface area contributed by atoms with Gasteiger partial charge in [0.05, 0.1) is 51.2 Å². The van der Waals surface area contributed by atoms with Crippen LogP contribution in [0.3, 0.4) is 0 Å². The van der Waals surface area contributed by atoms with Crippen molar-refractivity contribution < 1.29 is 4.42 Å². The van der Waals surface area contributed by atoms with E-state index >= 15 is 0 Å². The van der Waals surface area contributed by atoms with Gasteiger partial charge >= 0.3 is 0 Å². The monoisotopic (exact) mass is 867 g/mol. The molecule has 13 aromatic rings. The van der Waals surface area contributed by atoms with Crippen LogP contribution in [0.4, 0.5) is 0 Å². The van der Waals surface area contributed by atoms with E-state index in [4.69, 9.17) is 14.4 Å². The largest absolute Gasteiger partial charge is 0.455 e. The lowest BCUT2D eigenvalue weighted by Crippen LogP contribution is -2.48. The number of hydrogen-bond donors (Lipinski definition) is 0. The highest BCUT2D eigenvalue weighted by atomic mass is 16.3. The smallest absolute Gasteiger partial charge is 0.143 e. The molecule has 0 saturated carbocycles. The Morgan fingerprint density at radius 2 is 0.824 bits per heavy atom. The van der Waals surface area contributed by atoms with Gasteiger partial charge in [0.1, 0.15) is 11.2 Å². The molecular weight excluding hydrogens is 827 g/mol. The molecule has 4 bridgehead atoms. The first-order valence-electron chi connectivity index (χ1n) is 24.1. The van der Waals surface area contributed by atoms with Crippen LogP contribution in [0.25, 0.3) is 81.9 Å². The van der Waals surface area contributed by atoms with Crippen LogP contribution in [0.5, 0.6) is 0 Å². The van der Waals surface area contributed by atoms with Gasteiger partial charge in [0, 0.05) is 48.7 Å². The average Bonchev–Trinajstić information content (AvgIpc) is 4.05. The number of hydrogen-bond acceptors (Lipinski definition) is 3. The summed E-state index contributed by atoms with van der Waals surface area (Å²) in [6.07, 6.45) is 4.39. The zero-order valence-electron chi connectivity index (χ0n) is 38.0. The average molecular weight is 868 g/mol. The molecule has 0 atom stereocenters. The first kappa shape index (κ1) is 36.1. The number of fused-ring (bicyclic) bond motifs is 10. The summed E-state index contributed by atoms with van der Waals surface area (Å²) < 4.78 is 9.57. The number of furan rings is 1. The van der Waals surface area contributed by atoms with E-state index in [9.17, 15) is 0 Å². The topological polar surface area (TPSA) is 43.3 Å². The molecule has 19 rings (SSSR count). The molecule has 4 heteroatoms. The van der Waals surface area contributed by atoms with E-state index < -0.39 is 21.7 Å². The van der Waals surface area contributed by atoms with E-state index in [2.05, 4.69) is 208 Å². The third kappa shape index (κ3) is 3.61. The number of benzene rings is 8. The fourth-order valence-corrected chi connectivity index (χ4v) is 15.2. The number of rotatable bonds is 1. The van der Waals surface area contributed by atoms with Crippen LogP contribution in [0.15, 0.2) is 181 Å². The van der Waals surface area contributed by atoms with Crippen LogP contribution in [0.1, 0.15) is 94.7 Å². The van der Waals surface area contributed by atoms with Crippen molar-refractivity contribution in [3.63, 3.8) is 0 Å². The molecule has 0 unspecified atom stereocenters. The highest BCUT2D eigenvalue weighted by Crippen LogP contribution is 2.66. The quantitative estimate of drug-likeness (QED) is 0.165. The van der Waals surface area contributed by atoms with Gasteiger partial charge in [-0.15, -0.1) is 0 Å². The molecule has 0 aliphatic heterocycles. The zero-order chi connectivity index (χ0) is 44.8. The molecular formula is C64H41N3O. The molecule has 5 aromatic heterocycles. The minimum absolute atomic E-state index is 0.438. The van der Waals surface area contributed by atoms with Gasteiger partial charge in [-0.3, -0.25) is 9.97 Å². The van der Waals surface area contributed by atoms with Crippen molar-refractivity contribution in [1.82, 2.24) is 14.4 Å². The number of aromatic nitrogens is 3. The first-order chi connectivity index (χ1) is 33.3. The molecule has 8 aromatic carbocycles. The molecule has 6 aliphatic rings. The maximum Gasteiger partial charge on any atom is 0.143 e. The molecule has 0 N–H and O–H groups in total. The van der Waals surface area contributed by atoms with Crippen molar-refractivity contribution in [3.8, 4) is 11.1 Å². The molecule has 5 heterocycles.